The van der Waals surface area contributed by atoms with E-state index in [-0.39, 0.29) is 13.0 Å². The van der Waals surface area contributed by atoms with Crippen molar-refractivity contribution in [1.29, 1.82) is 0 Å². The fourth-order valence-corrected chi connectivity index (χ4v) is 3.21. The fourth-order valence-electron chi connectivity index (χ4n) is 3.21. The molecule has 0 aromatic heterocycles. The maximum Gasteiger partial charge on any atom is 0.411 e. The lowest BCUT2D eigenvalue weighted by Gasteiger charge is -2.26. The predicted octanol–water partition coefficient (Wildman–Crippen LogP) is 4.20. The number of benzene rings is 2. The molecule has 1 saturated heterocycles. The molecule has 2 atom stereocenters. The van der Waals surface area contributed by atoms with E-state index in [9.17, 15) is 14.7 Å². The minimum atomic E-state index is -1.06. The average molecular weight is 383 g/mol. The molecule has 3 rings (SSSR count). The van der Waals surface area contributed by atoms with Gasteiger partial charge in [-0.15, -0.1) is 0 Å². The molecular formula is C22H25NO5. The van der Waals surface area contributed by atoms with Gasteiger partial charge in [-0.2, -0.15) is 0 Å². The molecule has 1 N–H and O–H groups in total. The summed E-state index contributed by atoms with van der Waals surface area (Å²) in [6.45, 7) is 5.42. The second kappa shape index (κ2) is 7.92. The summed E-state index contributed by atoms with van der Waals surface area (Å²) in [4.78, 5) is 25.2. The van der Waals surface area contributed by atoms with Gasteiger partial charge in [-0.3, -0.25) is 4.90 Å². The first-order valence-electron chi connectivity index (χ1n) is 9.27. The number of amides is 1. The van der Waals surface area contributed by atoms with E-state index in [1.807, 2.05) is 54.6 Å². The van der Waals surface area contributed by atoms with Crippen LogP contribution in [0.5, 0.6) is 5.75 Å². The molecule has 1 heterocycles. The minimum absolute atomic E-state index is 0.168. The Bertz CT molecular complexity index is 844. The summed E-state index contributed by atoms with van der Waals surface area (Å²) < 4.78 is 11.4. The molecule has 1 aliphatic rings. The van der Waals surface area contributed by atoms with E-state index in [1.54, 1.807) is 20.8 Å². The Labute approximate surface area is 164 Å². The van der Waals surface area contributed by atoms with Crippen LogP contribution in [-0.4, -0.2) is 46.4 Å². The molecule has 0 radical (unpaired) electrons. The third-order valence-electron chi connectivity index (χ3n) is 4.42. The Morgan fingerprint density at radius 1 is 1.04 bits per heavy atom. The minimum Gasteiger partial charge on any atom is -0.488 e. The molecule has 6 heteroatoms. The number of nitrogens with zero attached hydrogens (tertiary/aromatic N) is 1. The zero-order valence-electron chi connectivity index (χ0n) is 16.3. The molecule has 1 aliphatic heterocycles. The Morgan fingerprint density at radius 3 is 2.36 bits per heavy atom. The van der Waals surface area contributed by atoms with Crippen molar-refractivity contribution in [2.24, 2.45) is 0 Å². The van der Waals surface area contributed by atoms with Crippen LogP contribution in [0.3, 0.4) is 0 Å². The third kappa shape index (κ3) is 4.82. The highest BCUT2D eigenvalue weighted by molar-refractivity contribution is 5.81. The van der Waals surface area contributed by atoms with Crippen molar-refractivity contribution >= 4 is 12.1 Å². The maximum atomic E-state index is 12.4. The van der Waals surface area contributed by atoms with Crippen molar-refractivity contribution in [2.45, 2.75) is 44.9 Å². The highest BCUT2D eigenvalue weighted by atomic mass is 16.6. The number of carbonyl (C=O) groups excluding carboxylic acids is 1. The van der Waals surface area contributed by atoms with E-state index in [4.69, 9.17) is 9.47 Å². The quantitative estimate of drug-likeness (QED) is 0.856. The zero-order chi connectivity index (χ0) is 20.3. The molecule has 0 bridgehead atoms. The van der Waals surface area contributed by atoms with E-state index < -0.39 is 29.8 Å². The molecule has 2 aromatic carbocycles. The Kier molecular flexibility index (Phi) is 5.58. The summed E-state index contributed by atoms with van der Waals surface area (Å²) in [5.41, 5.74) is 1.39. The van der Waals surface area contributed by atoms with Crippen molar-refractivity contribution in [1.82, 2.24) is 4.90 Å². The fraction of sp³-hybridized carbons (Fsp3) is 0.364. The molecule has 28 heavy (non-hydrogen) atoms. The number of hydrogen-bond donors (Lipinski definition) is 1. The largest absolute Gasteiger partial charge is 0.488 e. The number of rotatable bonds is 4. The van der Waals surface area contributed by atoms with Crippen molar-refractivity contribution in [3.05, 3.63) is 54.6 Å². The van der Waals surface area contributed by atoms with Gasteiger partial charge in [0.1, 0.15) is 23.5 Å². The number of likely N-dealkylation sites (tertiary alicyclic amines) is 1. The Morgan fingerprint density at radius 2 is 1.71 bits per heavy atom. The molecule has 2 aromatic rings. The molecule has 0 saturated carbocycles. The lowest BCUT2D eigenvalue weighted by molar-refractivity contribution is -0.142. The zero-order valence-corrected chi connectivity index (χ0v) is 16.3. The van der Waals surface area contributed by atoms with E-state index in [0.717, 1.165) is 11.1 Å². The van der Waals surface area contributed by atoms with E-state index >= 15 is 0 Å². The number of carbonyl (C=O) groups is 2. The average Bonchev–Trinajstić information content (AvgIpc) is 3.06. The van der Waals surface area contributed by atoms with Crippen LogP contribution in [0, 0.1) is 0 Å². The number of carboxylic acid groups (broad SMARTS) is 1. The normalized spacial score (nSPS) is 19.3. The third-order valence-corrected chi connectivity index (χ3v) is 4.42. The first-order valence-corrected chi connectivity index (χ1v) is 9.27. The van der Waals surface area contributed by atoms with Crippen molar-refractivity contribution in [3.8, 4) is 16.9 Å². The van der Waals surface area contributed by atoms with Gasteiger partial charge >= 0.3 is 12.1 Å². The van der Waals surface area contributed by atoms with Gasteiger partial charge in [0.25, 0.3) is 0 Å². The summed E-state index contributed by atoms with van der Waals surface area (Å²) in [5, 5.41) is 9.50. The molecule has 1 amide bonds. The van der Waals surface area contributed by atoms with Gasteiger partial charge in [0.05, 0.1) is 6.54 Å². The summed E-state index contributed by atoms with van der Waals surface area (Å²) in [5.74, 6) is -0.420. The van der Waals surface area contributed by atoms with Crippen LogP contribution in [0.15, 0.2) is 54.6 Å². The molecule has 6 nitrogen and oxygen atoms in total. The SMILES string of the molecule is CC(C)(C)OC(=O)N1C[C@H](Oc2cccc(-c3ccccc3)c2)C[C@H]1C(=O)O. The van der Waals surface area contributed by atoms with Crippen LogP contribution >= 0.6 is 0 Å². The summed E-state index contributed by atoms with van der Waals surface area (Å²) in [6.07, 6.45) is -0.840. The van der Waals surface area contributed by atoms with E-state index in [0.29, 0.717) is 5.75 Å². The molecule has 1 fully saturated rings. The molecule has 0 spiro atoms. The molecule has 0 aliphatic carbocycles. The first-order chi connectivity index (χ1) is 13.2. The number of hydrogen-bond acceptors (Lipinski definition) is 4. The van der Waals surface area contributed by atoms with E-state index in [1.165, 1.54) is 4.90 Å². The van der Waals surface area contributed by atoms with Crippen LogP contribution in [-0.2, 0) is 9.53 Å². The lowest BCUT2D eigenvalue weighted by atomic mass is 10.1. The van der Waals surface area contributed by atoms with Gasteiger partial charge in [0.2, 0.25) is 0 Å². The Hall–Kier alpha value is -3.02. The monoisotopic (exact) mass is 383 g/mol. The van der Waals surface area contributed by atoms with Crippen LogP contribution in [0.25, 0.3) is 11.1 Å². The van der Waals surface area contributed by atoms with Gasteiger partial charge in [-0.25, -0.2) is 9.59 Å². The van der Waals surface area contributed by atoms with Crippen molar-refractivity contribution in [2.75, 3.05) is 6.54 Å². The van der Waals surface area contributed by atoms with E-state index in [2.05, 4.69) is 0 Å². The van der Waals surface area contributed by atoms with Crippen LogP contribution < -0.4 is 4.74 Å². The smallest absolute Gasteiger partial charge is 0.411 e. The molecular weight excluding hydrogens is 358 g/mol. The first kappa shape index (κ1) is 19.7. The van der Waals surface area contributed by atoms with Crippen molar-refractivity contribution < 1.29 is 24.2 Å². The lowest BCUT2D eigenvalue weighted by Crippen LogP contribution is -2.43. The Balaban J connectivity index is 1.73. The van der Waals surface area contributed by atoms with Gasteiger partial charge in [-0.05, 0) is 44.0 Å². The second-order valence-electron chi connectivity index (χ2n) is 7.86. The number of carboxylic acids is 1. The van der Waals surface area contributed by atoms with Crippen molar-refractivity contribution in [3.63, 3.8) is 0 Å². The molecule has 148 valence electrons. The highest BCUT2D eigenvalue weighted by Gasteiger charge is 2.42. The van der Waals surface area contributed by atoms with Gasteiger partial charge in [-0.1, -0.05) is 42.5 Å². The molecule has 0 unspecified atom stereocenters. The van der Waals surface area contributed by atoms with Gasteiger partial charge < -0.3 is 14.6 Å². The van der Waals surface area contributed by atoms with Gasteiger partial charge in [0, 0.05) is 6.42 Å². The standard InChI is InChI=1S/C22H25NO5/c1-22(2,3)28-21(26)23-14-18(13-19(23)20(24)25)27-17-11-7-10-16(12-17)15-8-5-4-6-9-15/h4-12,18-19H,13-14H2,1-3H3,(H,24,25)/t18-,19+/m1/s1. The van der Waals surface area contributed by atoms with Crippen LogP contribution in [0.2, 0.25) is 0 Å². The topological polar surface area (TPSA) is 76.1 Å². The maximum absolute atomic E-state index is 12.4. The summed E-state index contributed by atoms with van der Waals surface area (Å²) in [6, 6.07) is 16.6. The highest BCUT2D eigenvalue weighted by Crippen LogP contribution is 2.28. The predicted molar refractivity (Wildman–Crippen MR) is 105 cm³/mol. The van der Waals surface area contributed by atoms with Crippen LogP contribution in [0.4, 0.5) is 4.79 Å². The second-order valence-corrected chi connectivity index (χ2v) is 7.86. The van der Waals surface area contributed by atoms with Gasteiger partial charge in [0.15, 0.2) is 0 Å². The number of ether oxygens (including phenoxy) is 2. The summed E-state index contributed by atoms with van der Waals surface area (Å²) >= 11 is 0. The van der Waals surface area contributed by atoms with Crippen LogP contribution in [0.1, 0.15) is 27.2 Å². The number of aliphatic carboxylic acids is 1. The summed E-state index contributed by atoms with van der Waals surface area (Å²) in [7, 11) is 0.